The van der Waals surface area contributed by atoms with Crippen LogP contribution in [0.15, 0.2) is 34.8 Å². The number of amides is 1. The predicted octanol–water partition coefficient (Wildman–Crippen LogP) is 1.41. The van der Waals surface area contributed by atoms with E-state index in [0.29, 0.717) is 0 Å². The van der Waals surface area contributed by atoms with E-state index in [0.717, 1.165) is 10.0 Å². The minimum Gasteiger partial charge on any atom is -0.480 e. The molecule has 1 aromatic carbocycles. The van der Waals surface area contributed by atoms with Gasteiger partial charge in [-0.2, -0.15) is 0 Å². The van der Waals surface area contributed by atoms with Crippen molar-refractivity contribution in [2.75, 3.05) is 6.61 Å². The molecule has 0 aliphatic heterocycles. The van der Waals surface area contributed by atoms with Crippen molar-refractivity contribution in [2.24, 2.45) is 0 Å². The van der Waals surface area contributed by atoms with E-state index >= 15 is 0 Å². The first-order chi connectivity index (χ1) is 9.02. The van der Waals surface area contributed by atoms with E-state index in [9.17, 15) is 9.59 Å². The van der Waals surface area contributed by atoms with Crippen molar-refractivity contribution in [1.29, 1.82) is 0 Å². The highest BCUT2D eigenvalue weighted by atomic mass is 79.9. The predicted molar refractivity (Wildman–Crippen MR) is 74.4 cm³/mol. The third-order valence-corrected chi connectivity index (χ3v) is 2.86. The normalized spacial score (nSPS) is 12.3. The van der Waals surface area contributed by atoms with Crippen molar-refractivity contribution < 1.29 is 19.8 Å². The number of halogens is 1. The van der Waals surface area contributed by atoms with Crippen LogP contribution in [0.25, 0.3) is 6.08 Å². The van der Waals surface area contributed by atoms with Gasteiger partial charge in [0, 0.05) is 23.6 Å². The van der Waals surface area contributed by atoms with E-state index in [4.69, 9.17) is 10.2 Å². The van der Waals surface area contributed by atoms with Crippen LogP contribution in [0, 0.1) is 0 Å². The number of hydrogen-bond acceptors (Lipinski definition) is 3. The standard InChI is InChI=1S/C13H14BrNO4/c14-10-4-1-9(2-5-10)3-6-12(17)15-11(7-8-16)13(18)19/h1-6,11,16H,7-8H2,(H,15,17)(H,18,19)/b6-3+/t11-/m0/s1. The van der Waals surface area contributed by atoms with Crippen LogP contribution in [-0.2, 0) is 9.59 Å². The highest BCUT2D eigenvalue weighted by molar-refractivity contribution is 9.10. The Balaban J connectivity index is 2.58. The van der Waals surface area contributed by atoms with Crippen LogP contribution in [-0.4, -0.2) is 34.7 Å². The number of carbonyl (C=O) groups is 2. The smallest absolute Gasteiger partial charge is 0.326 e. The lowest BCUT2D eigenvalue weighted by atomic mass is 10.2. The molecule has 1 atom stereocenters. The fourth-order valence-corrected chi connectivity index (χ4v) is 1.62. The van der Waals surface area contributed by atoms with Crippen molar-refractivity contribution in [3.05, 3.63) is 40.4 Å². The summed E-state index contributed by atoms with van der Waals surface area (Å²) in [6.07, 6.45) is 2.82. The SMILES string of the molecule is O=C(/C=C/c1ccc(Br)cc1)N[C@@H](CCO)C(=O)O. The molecule has 1 amide bonds. The van der Waals surface area contributed by atoms with Gasteiger partial charge in [-0.1, -0.05) is 28.1 Å². The van der Waals surface area contributed by atoms with Gasteiger partial charge in [0.25, 0.3) is 0 Å². The van der Waals surface area contributed by atoms with Crippen LogP contribution in [0.2, 0.25) is 0 Å². The summed E-state index contributed by atoms with van der Waals surface area (Å²) in [6.45, 7) is -0.298. The fourth-order valence-electron chi connectivity index (χ4n) is 1.35. The van der Waals surface area contributed by atoms with E-state index in [1.54, 1.807) is 6.08 Å². The molecule has 0 aliphatic carbocycles. The summed E-state index contributed by atoms with van der Waals surface area (Å²) in [5, 5.41) is 19.8. The summed E-state index contributed by atoms with van der Waals surface area (Å²) in [6, 6.07) is 6.23. The number of aliphatic hydroxyl groups is 1. The monoisotopic (exact) mass is 327 g/mol. The van der Waals surface area contributed by atoms with E-state index in [-0.39, 0.29) is 13.0 Å². The zero-order chi connectivity index (χ0) is 14.3. The van der Waals surface area contributed by atoms with Crippen LogP contribution in [0.5, 0.6) is 0 Å². The third-order valence-electron chi connectivity index (χ3n) is 2.33. The molecule has 0 spiro atoms. The zero-order valence-corrected chi connectivity index (χ0v) is 11.6. The molecule has 1 aromatic rings. The molecule has 0 aromatic heterocycles. The average Bonchev–Trinajstić information content (AvgIpc) is 2.37. The molecule has 0 aliphatic rings. The van der Waals surface area contributed by atoms with Gasteiger partial charge >= 0.3 is 5.97 Å². The van der Waals surface area contributed by atoms with Crippen molar-refractivity contribution >= 4 is 33.9 Å². The molecule has 0 bridgehead atoms. The third kappa shape index (κ3) is 5.67. The Labute approximate surface area is 119 Å². The summed E-state index contributed by atoms with van der Waals surface area (Å²) in [5.74, 6) is -1.68. The van der Waals surface area contributed by atoms with Crippen molar-refractivity contribution in [3.8, 4) is 0 Å². The molecule has 102 valence electrons. The van der Waals surface area contributed by atoms with Gasteiger partial charge in [-0.25, -0.2) is 4.79 Å². The van der Waals surface area contributed by atoms with Gasteiger partial charge in [-0.15, -0.1) is 0 Å². The second-order valence-corrected chi connectivity index (χ2v) is 4.71. The van der Waals surface area contributed by atoms with Gasteiger partial charge in [0.1, 0.15) is 6.04 Å². The number of aliphatic carboxylic acids is 1. The van der Waals surface area contributed by atoms with Gasteiger partial charge in [-0.3, -0.25) is 4.79 Å². The second-order valence-electron chi connectivity index (χ2n) is 3.80. The van der Waals surface area contributed by atoms with Crippen molar-refractivity contribution in [1.82, 2.24) is 5.32 Å². The van der Waals surface area contributed by atoms with Crippen LogP contribution in [0.4, 0.5) is 0 Å². The number of hydrogen-bond donors (Lipinski definition) is 3. The molecular weight excluding hydrogens is 314 g/mol. The van der Waals surface area contributed by atoms with E-state index in [1.165, 1.54) is 6.08 Å². The molecule has 19 heavy (non-hydrogen) atoms. The highest BCUT2D eigenvalue weighted by Crippen LogP contribution is 2.11. The molecule has 0 saturated carbocycles. The number of benzene rings is 1. The van der Waals surface area contributed by atoms with Crippen molar-refractivity contribution in [2.45, 2.75) is 12.5 Å². The van der Waals surface area contributed by atoms with Gasteiger partial charge < -0.3 is 15.5 Å². The maximum atomic E-state index is 11.5. The summed E-state index contributed by atoms with van der Waals surface area (Å²) in [5.41, 5.74) is 0.826. The average molecular weight is 328 g/mol. The summed E-state index contributed by atoms with van der Waals surface area (Å²) in [4.78, 5) is 22.3. The van der Waals surface area contributed by atoms with Gasteiger partial charge in [-0.05, 0) is 23.8 Å². The molecule has 0 heterocycles. The van der Waals surface area contributed by atoms with Crippen LogP contribution in [0.3, 0.4) is 0 Å². The maximum absolute atomic E-state index is 11.5. The number of rotatable bonds is 6. The lowest BCUT2D eigenvalue weighted by Crippen LogP contribution is -2.40. The molecule has 5 nitrogen and oxygen atoms in total. The maximum Gasteiger partial charge on any atom is 0.326 e. The van der Waals surface area contributed by atoms with E-state index in [1.807, 2.05) is 24.3 Å². The second kappa shape index (κ2) is 7.70. The minimum atomic E-state index is -1.17. The highest BCUT2D eigenvalue weighted by Gasteiger charge is 2.17. The number of nitrogens with one attached hydrogen (secondary N) is 1. The quantitative estimate of drug-likeness (QED) is 0.689. The molecule has 1 rings (SSSR count). The Kier molecular flexibility index (Phi) is 6.24. The molecule has 0 fully saturated rings. The lowest BCUT2D eigenvalue weighted by Gasteiger charge is -2.11. The van der Waals surface area contributed by atoms with E-state index in [2.05, 4.69) is 21.2 Å². The van der Waals surface area contributed by atoms with Crippen LogP contribution >= 0.6 is 15.9 Å². The number of aliphatic hydroxyl groups excluding tert-OH is 1. The van der Waals surface area contributed by atoms with Crippen LogP contribution < -0.4 is 5.32 Å². The van der Waals surface area contributed by atoms with Crippen molar-refractivity contribution in [3.63, 3.8) is 0 Å². The number of carboxylic acid groups (broad SMARTS) is 1. The van der Waals surface area contributed by atoms with Gasteiger partial charge in [0.2, 0.25) is 5.91 Å². The summed E-state index contributed by atoms with van der Waals surface area (Å²) >= 11 is 3.30. The largest absolute Gasteiger partial charge is 0.480 e. The van der Waals surface area contributed by atoms with Crippen LogP contribution in [0.1, 0.15) is 12.0 Å². The topological polar surface area (TPSA) is 86.6 Å². The first kappa shape index (κ1) is 15.4. The minimum absolute atomic E-state index is 0.0206. The van der Waals surface area contributed by atoms with Gasteiger partial charge in [0.15, 0.2) is 0 Å². The molecule has 0 saturated heterocycles. The molecule has 6 heteroatoms. The first-order valence-corrected chi connectivity index (χ1v) is 6.40. The Morgan fingerprint density at radius 2 is 1.95 bits per heavy atom. The Morgan fingerprint density at radius 3 is 2.47 bits per heavy atom. The summed E-state index contributed by atoms with van der Waals surface area (Å²) in [7, 11) is 0. The zero-order valence-electron chi connectivity index (χ0n) is 10.0. The number of carboxylic acids is 1. The number of carbonyl (C=O) groups excluding carboxylic acids is 1. The molecule has 0 radical (unpaired) electrons. The molecule has 3 N–H and O–H groups in total. The Bertz CT molecular complexity index is 470. The summed E-state index contributed by atoms with van der Waals surface area (Å²) < 4.78 is 0.933. The Hall–Kier alpha value is -1.66. The van der Waals surface area contributed by atoms with Gasteiger partial charge in [0.05, 0.1) is 0 Å². The molecular formula is C13H14BrNO4. The van der Waals surface area contributed by atoms with E-state index < -0.39 is 17.9 Å². The fraction of sp³-hybridized carbons (Fsp3) is 0.231. The first-order valence-electron chi connectivity index (χ1n) is 5.60. The Morgan fingerprint density at radius 1 is 1.32 bits per heavy atom. The lowest BCUT2D eigenvalue weighted by molar-refractivity contribution is -0.141. The molecule has 0 unspecified atom stereocenters.